The minimum atomic E-state index is -0.564. The molecule has 1 amide bonds. The van der Waals surface area contributed by atoms with Gasteiger partial charge >= 0.3 is 5.69 Å². The molecule has 0 unspecified atom stereocenters. The van der Waals surface area contributed by atoms with Gasteiger partial charge in [0.05, 0.1) is 4.92 Å². The van der Waals surface area contributed by atoms with Gasteiger partial charge in [-0.1, -0.05) is 30.3 Å². The maximum atomic E-state index is 11.7. The third kappa shape index (κ3) is 4.27. The highest BCUT2D eigenvalue weighted by molar-refractivity contribution is 5.78. The Kier molecular flexibility index (Phi) is 4.81. The van der Waals surface area contributed by atoms with Crippen LogP contribution in [0, 0.1) is 10.1 Å². The fourth-order valence-electron chi connectivity index (χ4n) is 1.74. The lowest BCUT2D eigenvalue weighted by Gasteiger charge is -2.08. The average Bonchev–Trinajstić information content (AvgIpc) is 2.52. The van der Waals surface area contributed by atoms with Gasteiger partial charge in [-0.2, -0.15) is 0 Å². The SMILES string of the molecule is O=C(CCc1ccccc1)NNc1ccncc1[N+](=O)[O-]. The normalized spacial score (nSPS) is 9.90. The summed E-state index contributed by atoms with van der Waals surface area (Å²) in [4.78, 5) is 25.6. The van der Waals surface area contributed by atoms with E-state index in [2.05, 4.69) is 15.8 Å². The second-order valence-corrected chi connectivity index (χ2v) is 4.31. The van der Waals surface area contributed by atoms with Crippen LogP contribution in [0.15, 0.2) is 48.8 Å². The van der Waals surface area contributed by atoms with Crippen molar-refractivity contribution in [1.29, 1.82) is 0 Å². The van der Waals surface area contributed by atoms with E-state index in [1.807, 2.05) is 30.3 Å². The number of benzene rings is 1. The molecule has 1 aromatic heterocycles. The number of pyridine rings is 1. The monoisotopic (exact) mass is 286 g/mol. The Morgan fingerprint density at radius 3 is 2.71 bits per heavy atom. The van der Waals surface area contributed by atoms with Gasteiger partial charge in [-0.05, 0) is 18.1 Å². The summed E-state index contributed by atoms with van der Waals surface area (Å²) in [6.07, 6.45) is 3.42. The van der Waals surface area contributed by atoms with Crippen molar-refractivity contribution in [2.45, 2.75) is 12.8 Å². The zero-order chi connectivity index (χ0) is 15.1. The van der Waals surface area contributed by atoms with Crippen LogP contribution in [0.1, 0.15) is 12.0 Å². The number of rotatable bonds is 6. The zero-order valence-corrected chi connectivity index (χ0v) is 11.2. The summed E-state index contributed by atoms with van der Waals surface area (Å²) in [6, 6.07) is 11.0. The van der Waals surface area contributed by atoms with E-state index in [9.17, 15) is 14.9 Å². The largest absolute Gasteiger partial charge is 0.312 e. The Hall–Kier alpha value is -2.96. The number of hydrazine groups is 1. The molecule has 21 heavy (non-hydrogen) atoms. The number of hydrogen-bond donors (Lipinski definition) is 2. The molecule has 7 heteroatoms. The van der Waals surface area contributed by atoms with E-state index in [1.165, 1.54) is 12.3 Å². The molecule has 1 aromatic carbocycles. The molecule has 0 saturated carbocycles. The summed E-state index contributed by atoms with van der Waals surface area (Å²) in [7, 11) is 0. The molecule has 2 rings (SSSR count). The van der Waals surface area contributed by atoms with Gasteiger partial charge in [0.25, 0.3) is 0 Å². The molecule has 2 N–H and O–H groups in total. The summed E-state index contributed by atoms with van der Waals surface area (Å²) in [6.45, 7) is 0. The first-order valence-electron chi connectivity index (χ1n) is 6.34. The van der Waals surface area contributed by atoms with E-state index in [-0.39, 0.29) is 23.7 Å². The fraction of sp³-hybridized carbons (Fsp3) is 0.143. The highest BCUT2D eigenvalue weighted by Gasteiger charge is 2.13. The average molecular weight is 286 g/mol. The molecule has 0 radical (unpaired) electrons. The predicted molar refractivity (Wildman–Crippen MR) is 77.4 cm³/mol. The number of nitrogens with one attached hydrogen (secondary N) is 2. The number of hydrogen-bond acceptors (Lipinski definition) is 5. The van der Waals surface area contributed by atoms with E-state index in [1.54, 1.807) is 0 Å². The first-order valence-corrected chi connectivity index (χ1v) is 6.34. The fourth-order valence-corrected chi connectivity index (χ4v) is 1.74. The number of carbonyl (C=O) groups is 1. The third-order valence-corrected chi connectivity index (χ3v) is 2.82. The lowest BCUT2D eigenvalue weighted by atomic mass is 10.1. The summed E-state index contributed by atoms with van der Waals surface area (Å²) in [5.41, 5.74) is 6.05. The number of nitrogens with zero attached hydrogens (tertiary/aromatic N) is 2. The van der Waals surface area contributed by atoms with Crippen molar-refractivity contribution in [2.24, 2.45) is 0 Å². The van der Waals surface area contributed by atoms with Crippen LogP contribution in [0.4, 0.5) is 11.4 Å². The van der Waals surface area contributed by atoms with Crippen LogP contribution in [-0.2, 0) is 11.2 Å². The van der Waals surface area contributed by atoms with Crippen molar-refractivity contribution in [3.8, 4) is 0 Å². The molecule has 0 atom stereocenters. The molecule has 0 fully saturated rings. The quantitative estimate of drug-likeness (QED) is 0.625. The minimum absolute atomic E-state index is 0.194. The molecule has 1 heterocycles. The van der Waals surface area contributed by atoms with Gasteiger partial charge in [0.2, 0.25) is 5.91 Å². The van der Waals surface area contributed by atoms with Crippen molar-refractivity contribution in [2.75, 3.05) is 5.43 Å². The number of amides is 1. The van der Waals surface area contributed by atoms with E-state index < -0.39 is 4.92 Å². The third-order valence-electron chi connectivity index (χ3n) is 2.82. The van der Waals surface area contributed by atoms with Gasteiger partial charge < -0.3 is 0 Å². The first kappa shape index (κ1) is 14.4. The van der Waals surface area contributed by atoms with Crippen LogP contribution >= 0.6 is 0 Å². The van der Waals surface area contributed by atoms with Gasteiger partial charge in [0.15, 0.2) is 0 Å². The number of aromatic nitrogens is 1. The molecule has 0 spiro atoms. The van der Waals surface area contributed by atoms with Gasteiger partial charge in [-0.15, -0.1) is 0 Å². The van der Waals surface area contributed by atoms with Crippen molar-refractivity contribution < 1.29 is 9.72 Å². The van der Waals surface area contributed by atoms with Crippen LogP contribution in [0.5, 0.6) is 0 Å². The maximum Gasteiger partial charge on any atom is 0.312 e. The van der Waals surface area contributed by atoms with Crippen LogP contribution < -0.4 is 10.9 Å². The lowest BCUT2D eigenvalue weighted by molar-refractivity contribution is -0.384. The van der Waals surface area contributed by atoms with E-state index in [4.69, 9.17) is 0 Å². The Morgan fingerprint density at radius 1 is 1.24 bits per heavy atom. The summed E-state index contributed by atoms with van der Waals surface area (Å²) < 4.78 is 0. The van der Waals surface area contributed by atoms with Gasteiger partial charge in [-0.25, -0.2) is 0 Å². The molecule has 0 aliphatic heterocycles. The van der Waals surface area contributed by atoms with Crippen molar-refractivity contribution >= 4 is 17.3 Å². The maximum absolute atomic E-state index is 11.7. The highest BCUT2D eigenvalue weighted by atomic mass is 16.6. The summed E-state index contributed by atoms with van der Waals surface area (Å²) in [5, 5.41) is 10.8. The van der Waals surface area contributed by atoms with Crippen LogP contribution in [0.2, 0.25) is 0 Å². The van der Waals surface area contributed by atoms with Crippen LogP contribution in [-0.4, -0.2) is 15.8 Å². The molecule has 108 valence electrons. The number of anilines is 1. The standard InChI is InChI=1S/C14H14N4O3/c19-14(7-6-11-4-2-1-3-5-11)17-16-12-8-9-15-10-13(12)18(20)21/h1-5,8-10H,6-7H2,(H,15,16)(H,17,19). The second kappa shape index (κ2) is 6.99. The number of nitro groups is 1. The highest BCUT2D eigenvalue weighted by Crippen LogP contribution is 2.20. The van der Waals surface area contributed by atoms with Gasteiger partial charge in [0.1, 0.15) is 11.9 Å². The van der Waals surface area contributed by atoms with Crippen molar-refractivity contribution in [3.63, 3.8) is 0 Å². The molecule has 7 nitrogen and oxygen atoms in total. The summed E-state index contributed by atoms with van der Waals surface area (Å²) in [5.74, 6) is -0.245. The Labute approximate surface area is 121 Å². The predicted octanol–water partition coefficient (Wildman–Crippen LogP) is 2.07. The van der Waals surface area contributed by atoms with Crippen molar-refractivity contribution in [3.05, 3.63) is 64.5 Å². The van der Waals surface area contributed by atoms with E-state index >= 15 is 0 Å². The molecule has 0 aliphatic carbocycles. The van der Waals surface area contributed by atoms with Gasteiger partial charge in [0, 0.05) is 12.6 Å². The van der Waals surface area contributed by atoms with Crippen LogP contribution in [0.3, 0.4) is 0 Å². The molecule has 0 bridgehead atoms. The number of aryl methyl sites for hydroxylation is 1. The van der Waals surface area contributed by atoms with E-state index in [0.29, 0.717) is 6.42 Å². The minimum Gasteiger partial charge on any atom is -0.292 e. The molecular weight excluding hydrogens is 272 g/mol. The Morgan fingerprint density at radius 2 is 2.00 bits per heavy atom. The van der Waals surface area contributed by atoms with Gasteiger partial charge in [-0.3, -0.25) is 30.7 Å². The molecule has 0 aliphatic rings. The Balaban J connectivity index is 1.86. The Bertz CT molecular complexity index is 631. The number of carbonyl (C=O) groups excluding carboxylic acids is 1. The smallest absolute Gasteiger partial charge is 0.292 e. The topological polar surface area (TPSA) is 97.2 Å². The molecule has 0 saturated heterocycles. The lowest BCUT2D eigenvalue weighted by Crippen LogP contribution is -2.29. The summed E-state index contributed by atoms with van der Waals surface area (Å²) >= 11 is 0. The van der Waals surface area contributed by atoms with E-state index in [0.717, 1.165) is 11.8 Å². The molecule has 2 aromatic rings. The first-order chi connectivity index (χ1) is 10.2. The second-order valence-electron chi connectivity index (χ2n) is 4.31. The zero-order valence-electron chi connectivity index (χ0n) is 11.2. The molecular formula is C14H14N4O3. The van der Waals surface area contributed by atoms with Crippen molar-refractivity contribution in [1.82, 2.24) is 10.4 Å². The van der Waals surface area contributed by atoms with Crippen LogP contribution in [0.25, 0.3) is 0 Å².